The lowest BCUT2D eigenvalue weighted by molar-refractivity contribution is -0.131. The average molecular weight is 373 g/mol. The molecule has 0 unspecified atom stereocenters. The SMILES string of the molecule is CC(C)CC(=O)N(C)CCCOCCOCCCC(=O)N(C)CC(C)C. The van der Waals surface area contributed by atoms with Crippen LogP contribution in [0, 0.1) is 11.8 Å². The predicted octanol–water partition coefficient (Wildman–Crippen LogP) is 2.81. The molecule has 0 saturated heterocycles. The van der Waals surface area contributed by atoms with Crippen LogP contribution in [0.2, 0.25) is 0 Å². The molecule has 0 aliphatic heterocycles. The highest BCUT2D eigenvalue weighted by atomic mass is 16.5. The van der Waals surface area contributed by atoms with Gasteiger partial charge in [-0.05, 0) is 24.7 Å². The Balaban J connectivity index is 3.46. The summed E-state index contributed by atoms with van der Waals surface area (Å²) in [6, 6.07) is 0. The van der Waals surface area contributed by atoms with E-state index in [2.05, 4.69) is 27.7 Å². The normalized spacial score (nSPS) is 11.2. The van der Waals surface area contributed by atoms with E-state index < -0.39 is 0 Å². The summed E-state index contributed by atoms with van der Waals surface area (Å²) in [7, 11) is 3.69. The van der Waals surface area contributed by atoms with Crippen LogP contribution in [0.5, 0.6) is 0 Å². The number of carbonyl (C=O) groups excluding carboxylic acids is 2. The first-order valence-corrected chi connectivity index (χ1v) is 9.87. The van der Waals surface area contributed by atoms with Gasteiger partial charge in [0, 0.05) is 53.2 Å². The fourth-order valence-corrected chi connectivity index (χ4v) is 2.52. The summed E-state index contributed by atoms with van der Waals surface area (Å²) in [6.07, 6.45) is 2.70. The molecule has 0 fully saturated rings. The highest BCUT2D eigenvalue weighted by Crippen LogP contribution is 2.03. The Bertz CT molecular complexity index is 386. The summed E-state index contributed by atoms with van der Waals surface area (Å²) >= 11 is 0. The van der Waals surface area contributed by atoms with Crippen molar-refractivity contribution in [2.24, 2.45) is 11.8 Å². The van der Waals surface area contributed by atoms with Crippen LogP contribution in [0.25, 0.3) is 0 Å². The zero-order valence-electron chi connectivity index (χ0n) is 17.8. The molecule has 26 heavy (non-hydrogen) atoms. The molecule has 0 radical (unpaired) electrons. The molecular weight excluding hydrogens is 332 g/mol. The van der Waals surface area contributed by atoms with Crippen molar-refractivity contribution < 1.29 is 19.1 Å². The van der Waals surface area contributed by atoms with Crippen molar-refractivity contribution in [1.29, 1.82) is 0 Å². The molecule has 154 valence electrons. The van der Waals surface area contributed by atoms with Gasteiger partial charge in [0.2, 0.25) is 11.8 Å². The van der Waals surface area contributed by atoms with Crippen LogP contribution in [0.1, 0.15) is 53.4 Å². The molecule has 0 saturated carbocycles. The Morgan fingerprint density at radius 3 is 1.88 bits per heavy atom. The minimum Gasteiger partial charge on any atom is -0.379 e. The number of rotatable bonds is 15. The molecule has 6 nitrogen and oxygen atoms in total. The lowest BCUT2D eigenvalue weighted by Crippen LogP contribution is -2.30. The van der Waals surface area contributed by atoms with E-state index >= 15 is 0 Å². The zero-order valence-corrected chi connectivity index (χ0v) is 17.8. The maximum Gasteiger partial charge on any atom is 0.222 e. The molecule has 0 atom stereocenters. The standard InChI is InChI=1S/C20H40N2O4/c1-17(2)15-20(24)21(5)10-8-12-26-14-13-25-11-7-9-19(23)22(6)16-18(3)4/h17-18H,7-16H2,1-6H3. The third kappa shape index (κ3) is 14.1. The fraction of sp³-hybridized carbons (Fsp3) is 0.900. The van der Waals surface area contributed by atoms with Crippen molar-refractivity contribution in [3.63, 3.8) is 0 Å². The number of hydrogen-bond acceptors (Lipinski definition) is 4. The first kappa shape index (κ1) is 24.9. The summed E-state index contributed by atoms with van der Waals surface area (Å²) in [5.41, 5.74) is 0. The minimum atomic E-state index is 0.176. The Hall–Kier alpha value is -1.14. The summed E-state index contributed by atoms with van der Waals surface area (Å²) in [6.45, 7) is 12.1. The van der Waals surface area contributed by atoms with Gasteiger partial charge in [0.1, 0.15) is 0 Å². The van der Waals surface area contributed by atoms with E-state index in [-0.39, 0.29) is 11.8 Å². The number of ether oxygens (including phenoxy) is 2. The second kappa shape index (κ2) is 15.0. The van der Waals surface area contributed by atoms with Crippen molar-refractivity contribution in [2.75, 3.05) is 53.6 Å². The van der Waals surface area contributed by atoms with Gasteiger partial charge >= 0.3 is 0 Å². The van der Waals surface area contributed by atoms with Crippen molar-refractivity contribution >= 4 is 11.8 Å². The second-order valence-electron chi connectivity index (χ2n) is 7.76. The van der Waals surface area contributed by atoms with E-state index in [9.17, 15) is 9.59 Å². The molecule has 0 aromatic heterocycles. The molecule has 0 aliphatic carbocycles. The Morgan fingerprint density at radius 1 is 0.769 bits per heavy atom. The molecule has 0 spiro atoms. The van der Waals surface area contributed by atoms with Crippen LogP contribution in [0.3, 0.4) is 0 Å². The summed E-state index contributed by atoms with van der Waals surface area (Å²) in [5, 5.41) is 0. The third-order valence-electron chi connectivity index (χ3n) is 3.91. The van der Waals surface area contributed by atoms with E-state index in [1.165, 1.54) is 0 Å². The lowest BCUT2D eigenvalue weighted by Gasteiger charge is -2.19. The number of hydrogen-bond donors (Lipinski definition) is 0. The topological polar surface area (TPSA) is 59.1 Å². The molecule has 0 rings (SSSR count). The van der Waals surface area contributed by atoms with E-state index in [0.29, 0.717) is 51.1 Å². The third-order valence-corrected chi connectivity index (χ3v) is 3.91. The predicted molar refractivity (Wildman–Crippen MR) is 105 cm³/mol. The molecular formula is C20H40N2O4. The summed E-state index contributed by atoms with van der Waals surface area (Å²) < 4.78 is 11.0. The Kier molecular flexibility index (Phi) is 14.3. The monoisotopic (exact) mass is 372 g/mol. The maximum absolute atomic E-state index is 11.9. The lowest BCUT2D eigenvalue weighted by atomic mass is 10.1. The highest BCUT2D eigenvalue weighted by molar-refractivity contribution is 5.76. The number of carbonyl (C=O) groups is 2. The smallest absolute Gasteiger partial charge is 0.222 e. The van der Waals surface area contributed by atoms with Crippen molar-refractivity contribution in [3.05, 3.63) is 0 Å². The molecule has 0 aromatic carbocycles. The van der Waals surface area contributed by atoms with E-state index in [0.717, 1.165) is 25.9 Å². The van der Waals surface area contributed by atoms with E-state index in [4.69, 9.17) is 9.47 Å². The van der Waals surface area contributed by atoms with Gasteiger partial charge in [-0.15, -0.1) is 0 Å². The van der Waals surface area contributed by atoms with Gasteiger partial charge in [0.15, 0.2) is 0 Å². The van der Waals surface area contributed by atoms with Crippen LogP contribution in [0.4, 0.5) is 0 Å². The zero-order chi connectivity index (χ0) is 19.9. The molecule has 0 heterocycles. The van der Waals surface area contributed by atoms with Crippen molar-refractivity contribution in [1.82, 2.24) is 9.80 Å². The number of amides is 2. The molecule has 6 heteroatoms. The first-order chi connectivity index (χ1) is 12.2. The highest BCUT2D eigenvalue weighted by Gasteiger charge is 2.10. The summed E-state index contributed by atoms with van der Waals surface area (Å²) in [4.78, 5) is 27.2. The van der Waals surface area contributed by atoms with Crippen molar-refractivity contribution in [3.8, 4) is 0 Å². The summed E-state index contributed by atoms with van der Waals surface area (Å²) in [5.74, 6) is 1.25. The van der Waals surface area contributed by atoms with E-state index in [1.807, 2.05) is 14.1 Å². The van der Waals surface area contributed by atoms with Gasteiger partial charge in [-0.1, -0.05) is 27.7 Å². The van der Waals surface area contributed by atoms with Crippen LogP contribution in [-0.4, -0.2) is 75.2 Å². The average Bonchev–Trinajstić information content (AvgIpc) is 2.54. The van der Waals surface area contributed by atoms with Crippen LogP contribution in [-0.2, 0) is 19.1 Å². The fourth-order valence-electron chi connectivity index (χ4n) is 2.52. The first-order valence-electron chi connectivity index (χ1n) is 9.87. The van der Waals surface area contributed by atoms with Gasteiger partial charge in [-0.3, -0.25) is 9.59 Å². The Morgan fingerprint density at radius 2 is 1.35 bits per heavy atom. The Labute approximate surface area is 160 Å². The number of nitrogens with zero attached hydrogens (tertiary/aromatic N) is 2. The largest absolute Gasteiger partial charge is 0.379 e. The molecule has 2 amide bonds. The van der Waals surface area contributed by atoms with Gasteiger partial charge in [-0.25, -0.2) is 0 Å². The maximum atomic E-state index is 11.9. The molecule has 0 N–H and O–H groups in total. The molecule has 0 aromatic rings. The van der Waals surface area contributed by atoms with Gasteiger partial charge in [0.25, 0.3) is 0 Å². The second-order valence-corrected chi connectivity index (χ2v) is 7.76. The van der Waals surface area contributed by atoms with E-state index in [1.54, 1.807) is 9.80 Å². The van der Waals surface area contributed by atoms with Crippen LogP contribution in [0.15, 0.2) is 0 Å². The van der Waals surface area contributed by atoms with Crippen LogP contribution < -0.4 is 0 Å². The van der Waals surface area contributed by atoms with Gasteiger partial charge in [-0.2, -0.15) is 0 Å². The van der Waals surface area contributed by atoms with Crippen molar-refractivity contribution in [2.45, 2.75) is 53.4 Å². The molecule has 0 bridgehead atoms. The minimum absolute atomic E-state index is 0.176. The van der Waals surface area contributed by atoms with Gasteiger partial charge < -0.3 is 19.3 Å². The van der Waals surface area contributed by atoms with Gasteiger partial charge in [0.05, 0.1) is 13.2 Å². The molecule has 0 aliphatic rings. The quantitative estimate of drug-likeness (QED) is 0.415. The van der Waals surface area contributed by atoms with Crippen LogP contribution >= 0.6 is 0 Å².